The highest BCUT2D eigenvalue weighted by Gasteiger charge is 2.26. The molecule has 1 N–H and O–H groups in total. The van der Waals surface area contributed by atoms with Gasteiger partial charge in [-0.25, -0.2) is 4.98 Å². The van der Waals surface area contributed by atoms with Gasteiger partial charge in [0.1, 0.15) is 5.82 Å². The van der Waals surface area contributed by atoms with Gasteiger partial charge in [0.2, 0.25) is 0 Å². The van der Waals surface area contributed by atoms with E-state index in [-0.39, 0.29) is 12.0 Å². The van der Waals surface area contributed by atoms with Gasteiger partial charge >= 0.3 is 6.18 Å². The monoisotopic (exact) mass is 263 g/mol. The van der Waals surface area contributed by atoms with Crippen LogP contribution in [0.5, 0.6) is 0 Å². The second-order valence-electron chi connectivity index (χ2n) is 5.36. The normalized spacial score (nSPS) is 13.0. The Labute approximate surface area is 105 Å². The number of halogens is 3. The third-order valence-electron chi connectivity index (χ3n) is 2.44. The Morgan fingerprint density at radius 3 is 2.50 bits per heavy atom. The highest BCUT2D eigenvalue weighted by atomic mass is 19.4. The van der Waals surface area contributed by atoms with Crippen molar-refractivity contribution in [1.29, 1.82) is 0 Å². The highest BCUT2D eigenvalue weighted by molar-refractivity contribution is 4.93. The average molecular weight is 263 g/mol. The van der Waals surface area contributed by atoms with E-state index in [4.69, 9.17) is 0 Å². The van der Waals surface area contributed by atoms with Crippen LogP contribution < -0.4 is 5.32 Å². The van der Waals surface area contributed by atoms with Crippen molar-refractivity contribution >= 4 is 0 Å². The number of nitrogens with zero attached hydrogens (tertiary/aromatic N) is 2. The first-order chi connectivity index (χ1) is 8.17. The molecule has 1 aromatic heterocycles. The van der Waals surface area contributed by atoms with Crippen LogP contribution in [0.25, 0.3) is 0 Å². The first-order valence-corrected chi connectivity index (χ1v) is 5.99. The van der Waals surface area contributed by atoms with Gasteiger partial charge in [-0.05, 0) is 27.2 Å². The molecule has 1 heterocycles. The van der Waals surface area contributed by atoms with E-state index in [0.29, 0.717) is 13.1 Å². The zero-order valence-electron chi connectivity index (χ0n) is 11.0. The molecule has 0 aliphatic heterocycles. The number of rotatable bonds is 5. The molecular formula is C12H20F3N3. The van der Waals surface area contributed by atoms with Gasteiger partial charge in [-0.15, -0.1) is 0 Å². The second kappa shape index (κ2) is 5.73. The van der Waals surface area contributed by atoms with Gasteiger partial charge in [-0.2, -0.15) is 13.2 Å². The molecule has 1 aromatic rings. The van der Waals surface area contributed by atoms with Gasteiger partial charge in [0.15, 0.2) is 0 Å². The van der Waals surface area contributed by atoms with Crippen molar-refractivity contribution in [3.8, 4) is 0 Å². The maximum absolute atomic E-state index is 12.1. The van der Waals surface area contributed by atoms with Gasteiger partial charge in [0.25, 0.3) is 0 Å². The molecule has 0 unspecified atom stereocenters. The second-order valence-corrected chi connectivity index (χ2v) is 5.36. The molecule has 0 aromatic carbocycles. The van der Waals surface area contributed by atoms with Crippen LogP contribution in [0.4, 0.5) is 13.2 Å². The van der Waals surface area contributed by atoms with Gasteiger partial charge in [-0.3, -0.25) is 0 Å². The van der Waals surface area contributed by atoms with Crippen molar-refractivity contribution in [2.24, 2.45) is 0 Å². The molecule has 0 amide bonds. The van der Waals surface area contributed by atoms with Crippen LogP contribution in [-0.4, -0.2) is 21.3 Å². The molecular weight excluding hydrogens is 243 g/mol. The molecule has 6 heteroatoms. The Hall–Kier alpha value is -1.04. The van der Waals surface area contributed by atoms with E-state index in [1.165, 1.54) is 0 Å². The Bertz CT molecular complexity index is 363. The predicted molar refractivity (Wildman–Crippen MR) is 64.1 cm³/mol. The van der Waals surface area contributed by atoms with E-state index in [2.05, 4.69) is 10.3 Å². The molecule has 0 bridgehead atoms. The number of aromatic nitrogens is 2. The lowest BCUT2D eigenvalue weighted by Gasteiger charge is -2.20. The lowest BCUT2D eigenvalue weighted by Crippen LogP contribution is -2.36. The molecule has 0 radical (unpaired) electrons. The van der Waals surface area contributed by atoms with E-state index in [1.54, 1.807) is 17.0 Å². The van der Waals surface area contributed by atoms with Crippen LogP contribution in [0.3, 0.4) is 0 Å². The lowest BCUT2D eigenvalue weighted by atomic mass is 10.1. The molecule has 0 spiro atoms. The van der Waals surface area contributed by atoms with Crippen molar-refractivity contribution in [2.45, 2.75) is 58.4 Å². The standard InChI is InChI=1S/C12H20F3N3/c1-11(2,3)17-9-10-16-6-8-18(10)7-4-5-12(13,14)15/h6,8,17H,4-5,7,9H2,1-3H3. The SMILES string of the molecule is CC(C)(C)NCc1nccn1CCCC(F)(F)F. The van der Waals surface area contributed by atoms with Crippen molar-refractivity contribution in [3.05, 3.63) is 18.2 Å². The third-order valence-corrected chi connectivity index (χ3v) is 2.44. The fourth-order valence-corrected chi connectivity index (χ4v) is 1.50. The molecule has 0 aliphatic carbocycles. The fraction of sp³-hybridized carbons (Fsp3) is 0.750. The molecule has 1 rings (SSSR count). The van der Waals surface area contributed by atoms with E-state index in [0.717, 1.165) is 5.82 Å². The minimum Gasteiger partial charge on any atom is -0.334 e. The summed E-state index contributed by atoms with van der Waals surface area (Å²) >= 11 is 0. The predicted octanol–water partition coefficient (Wildman–Crippen LogP) is 3.11. The van der Waals surface area contributed by atoms with Gasteiger partial charge in [0, 0.05) is 30.9 Å². The van der Waals surface area contributed by atoms with Crippen molar-refractivity contribution in [2.75, 3.05) is 0 Å². The number of aryl methyl sites for hydroxylation is 1. The van der Waals surface area contributed by atoms with Crippen molar-refractivity contribution in [1.82, 2.24) is 14.9 Å². The zero-order chi connectivity index (χ0) is 13.8. The molecule has 0 aliphatic rings. The van der Waals surface area contributed by atoms with E-state index in [1.807, 2.05) is 20.8 Å². The number of hydrogen-bond donors (Lipinski definition) is 1. The van der Waals surface area contributed by atoms with Gasteiger partial charge in [-0.1, -0.05) is 0 Å². The lowest BCUT2D eigenvalue weighted by molar-refractivity contribution is -0.135. The molecule has 104 valence electrons. The smallest absolute Gasteiger partial charge is 0.334 e. The summed E-state index contributed by atoms with van der Waals surface area (Å²) in [6.07, 6.45) is -1.41. The average Bonchev–Trinajstić information content (AvgIpc) is 2.59. The first kappa shape index (κ1) is 15.0. The Morgan fingerprint density at radius 1 is 1.28 bits per heavy atom. The Kier molecular flexibility index (Phi) is 4.78. The van der Waals surface area contributed by atoms with Crippen LogP contribution >= 0.6 is 0 Å². The minimum absolute atomic E-state index is 0.0389. The van der Waals surface area contributed by atoms with Crippen molar-refractivity contribution in [3.63, 3.8) is 0 Å². The summed E-state index contributed by atoms with van der Waals surface area (Å²) in [5.74, 6) is 0.770. The number of imidazole rings is 1. The summed E-state index contributed by atoms with van der Waals surface area (Å²) in [5.41, 5.74) is -0.0389. The maximum Gasteiger partial charge on any atom is 0.389 e. The zero-order valence-corrected chi connectivity index (χ0v) is 11.0. The number of nitrogens with one attached hydrogen (secondary N) is 1. The number of hydrogen-bond acceptors (Lipinski definition) is 2. The quantitative estimate of drug-likeness (QED) is 0.884. The van der Waals surface area contributed by atoms with Crippen LogP contribution in [-0.2, 0) is 13.1 Å². The van der Waals surface area contributed by atoms with Gasteiger partial charge in [0.05, 0.1) is 6.54 Å². The fourth-order valence-electron chi connectivity index (χ4n) is 1.50. The Balaban J connectivity index is 2.45. The summed E-state index contributed by atoms with van der Waals surface area (Å²) in [7, 11) is 0. The summed E-state index contributed by atoms with van der Waals surface area (Å²) in [6.45, 7) is 7.00. The van der Waals surface area contributed by atoms with E-state index in [9.17, 15) is 13.2 Å². The molecule has 3 nitrogen and oxygen atoms in total. The first-order valence-electron chi connectivity index (χ1n) is 5.99. The Morgan fingerprint density at radius 2 is 1.94 bits per heavy atom. The van der Waals surface area contributed by atoms with Crippen LogP contribution in [0.15, 0.2) is 12.4 Å². The molecule has 0 fully saturated rings. The third kappa shape index (κ3) is 6.05. The topological polar surface area (TPSA) is 29.9 Å². The van der Waals surface area contributed by atoms with Gasteiger partial charge < -0.3 is 9.88 Å². The molecule has 0 saturated heterocycles. The van der Waals surface area contributed by atoms with Crippen LogP contribution in [0, 0.1) is 0 Å². The van der Waals surface area contributed by atoms with E-state index < -0.39 is 12.6 Å². The summed E-state index contributed by atoms with van der Waals surface area (Å²) < 4.78 is 37.9. The van der Waals surface area contributed by atoms with Crippen LogP contribution in [0.2, 0.25) is 0 Å². The molecule has 0 saturated carbocycles. The minimum atomic E-state index is -4.08. The molecule has 18 heavy (non-hydrogen) atoms. The number of alkyl halides is 3. The highest BCUT2D eigenvalue weighted by Crippen LogP contribution is 2.21. The maximum atomic E-state index is 12.1. The largest absolute Gasteiger partial charge is 0.389 e. The van der Waals surface area contributed by atoms with Crippen LogP contribution in [0.1, 0.15) is 39.4 Å². The molecule has 0 atom stereocenters. The van der Waals surface area contributed by atoms with Crippen molar-refractivity contribution < 1.29 is 13.2 Å². The summed E-state index contributed by atoms with van der Waals surface area (Å²) in [5, 5.41) is 3.27. The summed E-state index contributed by atoms with van der Waals surface area (Å²) in [6, 6.07) is 0. The summed E-state index contributed by atoms with van der Waals surface area (Å²) in [4.78, 5) is 4.15. The van der Waals surface area contributed by atoms with E-state index >= 15 is 0 Å².